The smallest absolute Gasteiger partial charge is 0.323 e. The van der Waals surface area contributed by atoms with Gasteiger partial charge < -0.3 is 14.9 Å². The topological polar surface area (TPSA) is 60.9 Å². The third kappa shape index (κ3) is 4.73. The molecule has 1 aliphatic rings. The van der Waals surface area contributed by atoms with Crippen molar-refractivity contribution in [3.8, 4) is 0 Å². The van der Waals surface area contributed by atoms with E-state index in [4.69, 9.17) is 5.11 Å². The molecule has 0 aromatic carbocycles. The highest BCUT2D eigenvalue weighted by molar-refractivity contribution is 5.80. The van der Waals surface area contributed by atoms with Crippen LogP contribution in [0.5, 0.6) is 0 Å². The van der Waals surface area contributed by atoms with E-state index in [1.165, 1.54) is 11.3 Å². The summed E-state index contributed by atoms with van der Waals surface area (Å²) < 4.78 is 0. The Kier molecular flexibility index (Phi) is 6.12. The van der Waals surface area contributed by atoms with Gasteiger partial charge in [0.15, 0.2) is 0 Å². The number of carboxylic acid groups (broad SMARTS) is 1. The summed E-state index contributed by atoms with van der Waals surface area (Å²) in [6.07, 6.45) is 4.37. The van der Waals surface area contributed by atoms with E-state index in [1.54, 1.807) is 0 Å². The second-order valence-electron chi connectivity index (χ2n) is 5.59. The quantitative estimate of drug-likeness (QED) is 0.853. The molecule has 1 fully saturated rings. The lowest BCUT2D eigenvalue weighted by Gasteiger charge is -2.31. The van der Waals surface area contributed by atoms with Crippen LogP contribution in [-0.2, 0) is 4.79 Å². The van der Waals surface area contributed by atoms with Crippen molar-refractivity contribution < 1.29 is 14.7 Å². The summed E-state index contributed by atoms with van der Waals surface area (Å²) in [5.74, 6) is -0.256. The van der Waals surface area contributed by atoms with Crippen molar-refractivity contribution in [2.45, 2.75) is 52.5 Å². The zero-order chi connectivity index (χ0) is 14.4. The monoisotopic (exact) mass is 270 g/mol. The molecule has 0 aromatic rings. The Morgan fingerprint density at radius 3 is 2.53 bits per heavy atom. The second-order valence-corrected chi connectivity index (χ2v) is 5.59. The van der Waals surface area contributed by atoms with Gasteiger partial charge in [0.25, 0.3) is 0 Å². The van der Waals surface area contributed by atoms with Crippen molar-refractivity contribution in [3.63, 3.8) is 0 Å². The maximum Gasteiger partial charge on any atom is 0.323 e. The number of hydrogen-bond donors (Lipinski definition) is 1. The molecule has 1 rings (SSSR count). The molecule has 0 radical (unpaired) electrons. The molecule has 2 amide bonds. The van der Waals surface area contributed by atoms with Gasteiger partial charge in [-0.15, -0.1) is 0 Å². The van der Waals surface area contributed by atoms with Crippen LogP contribution >= 0.6 is 0 Å². The van der Waals surface area contributed by atoms with Gasteiger partial charge in [-0.25, -0.2) is 4.79 Å². The standard InChI is InChI=1S/C14H26N2O3/c1-4-12-6-5-8-15(9-7-12)14(19)16(11(2)3)10-13(17)18/h11-12H,4-10H2,1-3H3,(H,17,18). The van der Waals surface area contributed by atoms with E-state index in [9.17, 15) is 9.59 Å². The first kappa shape index (κ1) is 15.8. The Labute approximate surface area is 115 Å². The summed E-state index contributed by atoms with van der Waals surface area (Å²) >= 11 is 0. The Morgan fingerprint density at radius 1 is 1.32 bits per heavy atom. The molecule has 0 aliphatic carbocycles. The van der Waals surface area contributed by atoms with Crippen LogP contribution in [0, 0.1) is 5.92 Å². The van der Waals surface area contributed by atoms with Gasteiger partial charge >= 0.3 is 12.0 Å². The minimum atomic E-state index is -0.955. The molecule has 1 unspecified atom stereocenters. The van der Waals surface area contributed by atoms with E-state index in [2.05, 4.69) is 6.92 Å². The fraction of sp³-hybridized carbons (Fsp3) is 0.857. The number of urea groups is 1. The van der Waals surface area contributed by atoms with Crippen LogP contribution in [0.3, 0.4) is 0 Å². The largest absolute Gasteiger partial charge is 0.480 e. The highest BCUT2D eigenvalue weighted by Crippen LogP contribution is 2.21. The molecule has 5 heteroatoms. The first-order valence-electron chi connectivity index (χ1n) is 7.23. The fourth-order valence-corrected chi connectivity index (χ4v) is 2.56. The number of amides is 2. The van der Waals surface area contributed by atoms with Gasteiger partial charge in [-0.2, -0.15) is 0 Å². The lowest BCUT2D eigenvalue weighted by molar-refractivity contribution is -0.138. The minimum absolute atomic E-state index is 0.0891. The van der Waals surface area contributed by atoms with Gasteiger partial charge in [0.2, 0.25) is 0 Å². The van der Waals surface area contributed by atoms with Crippen LogP contribution < -0.4 is 0 Å². The second kappa shape index (κ2) is 7.36. The van der Waals surface area contributed by atoms with Gasteiger partial charge in [-0.1, -0.05) is 13.3 Å². The van der Waals surface area contributed by atoms with Gasteiger partial charge in [-0.3, -0.25) is 4.79 Å². The summed E-state index contributed by atoms with van der Waals surface area (Å²) in [6.45, 7) is 7.18. The van der Waals surface area contributed by atoms with E-state index in [0.717, 1.165) is 32.4 Å². The van der Waals surface area contributed by atoms with E-state index in [1.807, 2.05) is 18.7 Å². The van der Waals surface area contributed by atoms with Crippen molar-refractivity contribution in [2.24, 2.45) is 5.92 Å². The van der Waals surface area contributed by atoms with Gasteiger partial charge in [0.1, 0.15) is 6.54 Å². The SMILES string of the molecule is CCC1CCCN(C(=O)N(CC(=O)O)C(C)C)CC1. The van der Waals surface area contributed by atoms with Crippen LogP contribution in [0.4, 0.5) is 4.79 Å². The van der Waals surface area contributed by atoms with Gasteiger partial charge in [0, 0.05) is 19.1 Å². The van der Waals surface area contributed by atoms with Gasteiger partial charge in [-0.05, 0) is 39.0 Å². The fourth-order valence-electron chi connectivity index (χ4n) is 2.56. The van der Waals surface area contributed by atoms with Gasteiger partial charge in [0.05, 0.1) is 0 Å². The zero-order valence-electron chi connectivity index (χ0n) is 12.3. The number of carbonyl (C=O) groups excluding carboxylic acids is 1. The number of aliphatic carboxylic acids is 1. The third-order valence-electron chi connectivity index (χ3n) is 3.87. The predicted molar refractivity (Wildman–Crippen MR) is 74.1 cm³/mol. The molecule has 1 aliphatic heterocycles. The predicted octanol–water partition coefficient (Wildman–Crippen LogP) is 2.41. The zero-order valence-corrected chi connectivity index (χ0v) is 12.3. The first-order valence-corrected chi connectivity index (χ1v) is 7.23. The van der Waals surface area contributed by atoms with Crippen molar-refractivity contribution in [2.75, 3.05) is 19.6 Å². The van der Waals surface area contributed by atoms with Crippen molar-refractivity contribution >= 4 is 12.0 Å². The Morgan fingerprint density at radius 2 is 2.00 bits per heavy atom. The number of rotatable bonds is 4. The Hall–Kier alpha value is -1.26. The molecule has 1 N–H and O–H groups in total. The summed E-state index contributed by atoms with van der Waals surface area (Å²) in [5.41, 5.74) is 0. The van der Waals surface area contributed by atoms with E-state index >= 15 is 0 Å². The highest BCUT2D eigenvalue weighted by Gasteiger charge is 2.26. The number of carboxylic acids is 1. The van der Waals surface area contributed by atoms with E-state index in [0.29, 0.717) is 5.92 Å². The molecule has 110 valence electrons. The number of nitrogens with zero attached hydrogens (tertiary/aromatic N) is 2. The molecule has 0 aromatic heterocycles. The molecule has 0 bridgehead atoms. The lowest BCUT2D eigenvalue weighted by atomic mass is 9.98. The highest BCUT2D eigenvalue weighted by atomic mass is 16.4. The normalized spacial score (nSPS) is 20.2. The molecule has 5 nitrogen and oxygen atoms in total. The molecule has 0 spiro atoms. The number of carbonyl (C=O) groups is 2. The molecule has 1 saturated heterocycles. The average molecular weight is 270 g/mol. The first-order chi connectivity index (χ1) is 8.95. The van der Waals surface area contributed by atoms with E-state index in [-0.39, 0.29) is 18.6 Å². The van der Waals surface area contributed by atoms with E-state index < -0.39 is 5.97 Å². The van der Waals surface area contributed by atoms with Crippen LogP contribution in [0.1, 0.15) is 46.5 Å². The van der Waals surface area contributed by atoms with Crippen LogP contribution in [-0.4, -0.2) is 52.6 Å². The summed E-state index contributed by atoms with van der Waals surface area (Å²) in [7, 11) is 0. The third-order valence-corrected chi connectivity index (χ3v) is 3.87. The maximum absolute atomic E-state index is 12.4. The van der Waals surface area contributed by atoms with Crippen LogP contribution in [0.25, 0.3) is 0 Å². The molecule has 1 heterocycles. The summed E-state index contributed by atoms with van der Waals surface area (Å²) in [4.78, 5) is 26.5. The molecule has 0 saturated carbocycles. The average Bonchev–Trinajstić information content (AvgIpc) is 2.59. The Balaban J connectivity index is 2.65. The summed E-state index contributed by atoms with van der Waals surface area (Å²) in [5, 5.41) is 8.90. The van der Waals surface area contributed by atoms with Crippen molar-refractivity contribution in [1.29, 1.82) is 0 Å². The maximum atomic E-state index is 12.4. The molecule has 19 heavy (non-hydrogen) atoms. The number of hydrogen-bond acceptors (Lipinski definition) is 2. The number of likely N-dealkylation sites (tertiary alicyclic amines) is 1. The van der Waals surface area contributed by atoms with Crippen LogP contribution in [0.2, 0.25) is 0 Å². The van der Waals surface area contributed by atoms with Crippen molar-refractivity contribution in [1.82, 2.24) is 9.80 Å². The van der Waals surface area contributed by atoms with Crippen LogP contribution in [0.15, 0.2) is 0 Å². The molecule has 1 atom stereocenters. The lowest BCUT2D eigenvalue weighted by Crippen LogP contribution is -2.48. The van der Waals surface area contributed by atoms with Crippen molar-refractivity contribution in [3.05, 3.63) is 0 Å². The molecular formula is C14H26N2O3. The Bertz CT molecular complexity index is 318. The summed E-state index contributed by atoms with van der Waals surface area (Å²) in [6, 6.07) is -0.219. The minimum Gasteiger partial charge on any atom is -0.480 e. The molecular weight excluding hydrogens is 244 g/mol.